The van der Waals surface area contributed by atoms with E-state index in [1.807, 2.05) is 45.0 Å². The molecular formula is C27H35ClN6O2. The molecule has 9 heteroatoms. The normalized spacial score (nSPS) is 23.3. The van der Waals surface area contributed by atoms with E-state index >= 15 is 0 Å². The second-order valence-electron chi connectivity index (χ2n) is 10.9. The topological polar surface area (TPSA) is 112 Å². The van der Waals surface area contributed by atoms with Crippen molar-refractivity contribution in [2.24, 2.45) is 17.8 Å². The summed E-state index contributed by atoms with van der Waals surface area (Å²) < 4.78 is 5.51. The molecule has 4 atom stereocenters. The summed E-state index contributed by atoms with van der Waals surface area (Å²) in [6.07, 6.45) is 6.72. The maximum absolute atomic E-state index is 12.4. The zero-order valence-corrected chi connectivity index (χ0v) is 21.9. The van der Waals surface area contributed by atoms with Gasteiger partial charge >= 0.3 is 6.09 Å². The summed E-state index contributed by atoms with van der Waals surface area (Å²) in [6.45, 7) is 6.95. The van der Waals surface area contributed by atoms with Crippen LogP contribution in [0.2, 0.25) is 5.02 Å². The van der Waals surface area contributed by atoms with E-state index in [-0.39, 0.29) is 12.1 Å². The summed E-state index contributed by atoms with van der Waals surface area (Å²) in [5.74, 6) is 2.34. The van der Waals surface area contributed by atoms with E-state index in [0.717, 1.165) is 37.8 Å². The number of ether oxygens (including phenoxy) is 1. The van der Waals surface area contributed by atoms with Gasteiger partial charge in [-0.2, -0.15) is 10.2 Å². The third kappa shape index (κ3) is 7.01. The number of benzene rings is 1. The number of rotatable bonds is 7. The van der Waals surface area contributed by atoms with Gasteiger partial charge in [-0.1, -0.05) is 30.2 Å². The summed E-state index contributed by atoms with van der Waals surface area (Å²) in [6, 6.07) is 9.94. The SMILES string of the molecule is CC(C)(C)OC(=O)N[C@@H]1[C@@H]2CCC[C@H]1CC(CNc1nc(NCc3ccc(Cl)cc3)ncc1C#N)C2. The summed E-state index contributed by atoms with van der Waals surface area (Å²) >= 11 is 5.96. The standard InChI is InChI=1S/C27H35ClN6O2/c1-27(2,3)36-26(35)33-23-19-5-4-6-20(23)12-18(11-19)15-30-24-21(13-29)16-32-25(34-24)31-14-17-7-9-22(28)10-8-17/h7-10,16,18-20,23H,4-6,11-12,14-15H2,1-3H3,(H,33,35)(H2,30,31,32,34)/t18?,19-,20+,23-. The highest BCUT2D eigenvalue weighted by atomic mass is 35.5. The van der Waals surface area contributed by atoms with Gasteiger partial charge in [-0.15, -0.1) is 0 Å². The average molecular weight is 511 g/mol. The highest BCUT2D eigenvalue weighted by Crippen LogP contribution is 2.43. The van der Waals surface area contributed by atoms with Crippen LogP contribution in [0.25, 0.3) is 0 Å². The Hall–Kier alpha value is -3.05. The van der Waals surface area contributed by atoms with E-state index in [4.69, 9.17) is 16.3 Å². The molecule has 36 heavy (non-hydrogen) atoms. The van der Waals surface area contributed by atoms with Crippen LogP contribution in [-0.2, 0) is 11.3 Å². The number of nitriles is 1. The molecule has 0 saturated heterocycles. The molecular weight excluding hydrogens is 476 g/mol. The van der Waals surface area contributed by atoms with Crippen LogP contribution in [0.1, 0.15) is 64.0 Å². The summed E-state index contributed by atoms with van der Waals surface area (Å²) in [4.78, 5) is 21.3. The Kier molecular flexibility index (Phi) is 8.20. The monoisotopic (exact) mass is 510 g/mol. The molecule has 192 valence electrons. The third-order valence-electron chi connectivity index (χ3n) is 6.95. The molecule has 1 heterocycles. The van der Waals surface area contributed by atoms with Crippen molar-refractivity contribution in [3.05, 3.63) is 46.6 Å². The Labute approximate surface area is 218 Å². The fourth-order valence-corrected chi connectivity index (χ4v) is 5.55. The summed E-state index contributed by atoms with van der Waals surface area (Å²) in [7, 11) is 0. The Morgan fingerprint density at radius 3 is 2.50 bits per heavy atom. The first-order valence-electron chi connectivity index (χ1n) is 12.7. The molecule has 0 spiro atoms. The third-order valence-corrected chi connectivity index (χ3v) is 7.20. The molecule has 2 aliphatic rings. The van der Waals surface area contributed by atoms with Crippen LogP contribution >= 0.6 is 11.6 Å². The lowest BCUT2D eigenvalue weighted by Crippen LogP contribution is -2.52. The molecule has 2 aromatic rings. The van der Waals surface area contributed by atoms with Crippen LogP contribution in [0.15, 0.2) is 30.5 Å². The number of anilines is 2. The predicted molar refractivity (Wildman–Crippen MR) is 141 cm³/mol. The number of fused-ring (bicyclic) bond motifs is 2. The fraction of sp³-hybridized carbons (Fsp3) is 0.556. The number of nitrogens with zero attached hydrogens (tertiary/aromatic N) is 3. The van der Waals surface area contributed by atoms with Gasteiger partial charge in [-0.05, 0) is 81.9 Å². The van der Waals surface area contributed by atoms with Crippen molar-refractivity contribution in [2.75, 3.05) is 17.2 Å². The fourth-order valence-electron chi connectivity index (χ4n) is 5.42. The Morgan fingerprint density at radius 2 is 1.86 bits per heavy atom. The minimum absolute atomic E-state index is 0.169. The van der Waals surface area contributed by atoms with Crippen molar-refractivity contribution in [2.45, 2.75) is 71.1 Å². The minimum atomic E-state index is -0.501. The smallest absolute Gasteiger partial charge is 0.407 e. The average Bonchev–Trinajstić information content (AvgIpc) is 2.81. The molecule has 0 radical (unpaired) electrons. The maximum Gasteiger partial charge on any atom is 0.407 e. The van der Waals surface area contributed by atoms with E-state index < -0.39 is 5.60 Å². The number of hydrogen-bond acceptors (Lipinski definition) is 7. The van der Waals surface area contributed by atoms with E-state index in [0.29, 0.717) is 46.7 Å². The second kappa shape index (κ2) is 11.3. The molecule has 2 aliphatic carbocycles. The minimum Gasteiger partial charge on any atom is -0.444 e. The summed E-state index contributed by atoms with van der Waals surface area (Å²) in [5, 5.41) is 20.0. The molecule has 3 N–H and O–H groups in total. The van der Waals surface area contributed by atoms with Gasteiger partial charge in [0.05, 0.1) is 6.20 Å². The Balaban J connectivity index is 1.34. The molecule has 1 aromatic carbocycles. The lowest BCUT2D eigenvalue weighted by molar-refractivity contribution is 0.0324. The van der Waals surface area contributed by atoms with Gasteiger partial charge in [0.2, 0.25) is 5.95 Å². The van der Waals surface area contributed by atoms with Crippen molar-refractivity contribution >= 4 is 29.5 Å². The number of carbonyl (C=O) groups is 1. The van der Waals surface area contributed by atoms with Crippen molar-refractivity contribution in [1.82, 2.24) is 15.3 Å². The number of nitrogens with one attached hydrogen (secondary N) is 3. The number of hydrogen-bond donors (Lipinski definition) is 3. The van der Waals surface area contributed by atoms with E-state index in [2.05, 4.69) is 32.0 Å². The Morgan fingerprint density at radius 1 is 1.17 bits per heavy atom. The molecule has 8 nitrogen and oxygen atoms in total. The maximum atomic E-state index is 12.4. The van der Waals surface area contributed by atoms with Crippen LogP contribution in [0, 0.1) is 29.1 Å². The lowest BCUT2D eigenvalue weighted by Gasteiger charge is -2.46. The predicted octanol–water partition coefficient (Wildman–Crippen LogP) is 5.75. The van der Waals surface area contributed by atoms with Gasteiger partial charge in [0.25, 0.3) is 0 Å². The van der Waals surface area contributed by atoms with Crippen LogP contribution in [0.4, 0.5) is 16.6 Å². The number of alkyl carbamates (subject to hydrolysis) is 1. The van der Waals surface area contributed by atoms with Gasteiger partial charge < -0.3 is 20.7 Å². The molecule has 1 unspecified atom stereocenters. The lowest BCUT2D eigenvalue weighted by atomic mass is 9.64. The van der Waals surface area contributed by atoms with Gasteiger partial charge in [0.1, 0.15) is 23.1 Å². The van der Waals surface area contributed by atoms with Crippen LogP contribution < -0.4 is 16.0 Å². The van der Waals surface area contributed by atoms with Crippen molar-refractivity contribution in [1.29, 1.82) is 5.26 Å². The van der Waals surface area contributed by atoms with Crippen LogP contribution in [0.3, 0.4) is 0 Å². The first-order valence-corrected chi connectivity index (χ1v) is 13.1. The van der Waals surface area contributed by atoms with E-state index in [1.54, 1.807) is 6.20 Å². The highest BCUT2D eigenvalue weighted by molar-refractivity contribution is 6.30. The number of carbonyl (C=O) groups excluding carboxylic acids is 1. The second-order valence-corrected chi connectivity index (χ2v) is 11.3. The van der Waals surface area contributed by atoms with Crippen molar-refractivity contribution < 1.29 is 9.53 Å². The largest absolute Gasteiger partial charge is 0.444 e. The van der Waals surface area contributed by atoms with Gasteiger partial charge in [0.15, 0.2) is 0 Å². The van der Waals surface area contributed by atoms with Crippen molar-refractivity contribution in [3.8, 4) is 6.07 Å². The van der Waals surface area contributed by atoms with Gasteiger partial charge in [0, 0.05) is 24.2 Å². The zero-order chi connectivity index (χ0) is 25.7. The molecule has 2 bridgehead atoms. The highest BCUT2D eigenvalue weighted by Gasteiger charge is 2.41. The first-order chi connectivity index (χ1) is 17.2. The number of halogens is 1. The molecule has 0 aliphatic heterocycles. The molecule has 2 fully saturated rings. The van der Waals surface area contributed by atoms with Crippen LogP contribution in [-0.4, -0.2) is 34.2 Å². The van der Waals surface area contributed by atoms with Crippen LogP contribution in [0.5, 0.6) is 0 Å². The van der Waals surface area contributed by atoms with Gasteiger partial charge in [-0.3, -0.25) is 0 Å². The molecule has 2 saturated carbocycles. The van der Waals surface area contributed by atoms with Gasteiger partial charge in [-0.25, -0.2) is 9.78 Å². The number of aromatic nitrogens is 2. The molecule has 1 aromatic heterocycles. The molecule has 1 amide bonds. The molecule has 4 rings (SSSR count). The zero-order valence-electron chi connectivity index (χ0n) is 21.2. The van der Waals surface area contributed by atoms with E-state index in [9.17, 15) is 10.1 Å². The summed E-state index contributed by atoms with van der Waals surface area (Å²) in [5.41, 5.74) is 0.983. The van der Waals surface area contributed by atoms with Crippen molar-refractivity contribution in [3.63, 3.8) is 0 Å². The Bertz CT molecular complexity index is 1080. The quantitative estimate of drug-likeness (QED) is 0.435. The first kappa shape index (κ1) is 26.0. The van der Waals surface area contributed by atoms with E-state index in [1.165, 1.54) is 6.42 Å². The number of amides is 1.